The van der Waals surface area contributed by atoms with Gasteiger partial charge in [-0.25, -0.2) is 4.98 Å². The van der Waals surface area contributed by atoms with Crippen molar-refractivity contribution >= 4 is 27.6 Å². The second-order valence-electron chi connectivity index (χ2n) is 9.22. The molecule has 3 nitrogen and oxygen atoms in total. The average molecular weight is 537 g/mol. The van der Waals surface area contributed by atoms with Gasteiger partial charge in [-0.15, -0.1) is 6.07 Å². The van der Waals surface area contributed by atoms with Gasteiger partial charge >= 0.3 is 0 Å². The van der Waals surface area contributed by atoms with Gasteiger partial charge in [0.2, 0.25) is 0 Å². The van der Waals surface area contributed by atoms with E-state index in [1.807, 2.05) is 6.07 Å². The van der Waals surface area contributed by atoms with Crippen LogP contribution in [0.1, 0.15) is 58.5 Å². The van der Waals surface area contributed by atoms with Crippen LogP contribution in [0, 0.1) is 6.92 Å². The minimum atomic E-state index is -0.0311. The number of rotatable bonds is 0. The summed E-state index contributed by atoms with van der Waals surface area (Å²) in [5, 5.41) is 1.04. The van der Waals surface area contributed by atoms with Gasteiger partial charge in [-0.1, -0.05) is 59.1 Å². The molecule has 0 atom stereocenters. The second kappa shape index (κ2) is 6.32. The van der Waals surface area contributed by atoms with Crippen LogP contribution in [0.4, 0.5) is 0 Å². The summed E-state index contributed by atoms with van der Waals surface area (Å²) in [6.07, 6.45) is 0. The van der Waals surface area contributed by atoms with Crippen LogP contribution in [0.25, 0.3) is 27.6 Å². The smallest absolute Gasteiger partial charge is 0.0908 e. The number of aromatic nitrogens is 3. The molecule has 3 aromatic heterocycles. The molecule has 27 heavy (non-hydrogen) atoms. The van der Waals surface area contributed by atoms with Crippen molar-refractivity contribution in [1.82, 2.24) is 14.4 Å². The van der Waals surface area contributed by atoms with Crippen molar-refractivity contribution in [2.45, 2.75) is 52.4 Å². The SMILES string of the molecule is [CH2-]c1cc(C(C)(C)C)nc2cc(C(C)(C)C)n3c4ccccc4nc3c12.[Ir]. The molecular weight excluding hydrogens is 510 g/mol. The van der Waals surface area contributed by atoms with E-state index in [9.17, 15) is 0 Å². The maximum Gasteiger partial charge on any atom is 0.0908 e. The number of benzene rings is 1. The summed E-state index contributed by atoms with van der Waals surface area (Å²) in [6, 6.07) is 12.6. The molecule has 0 bridgehead atoms. The summed E-state index contributed by atoms with van der Waals surface area (Å²) in [7, 11) is 0. The van der Waals surface area contributed by atoms with E-state index in [4.69, 9.17) is 9.97 Å². The molecule has 3 heterocycles. The molecule has 0 aliphatic carbocycles. The molecule has 4 heteroatoms. The Bertz CT molecular complexity index is 1160. The third-order valence-corrected chi connectivity index (χ3v) is 4.96. The Morgan fingerprint density at radius 2 is 1.52 bits per heavy atom. The molecule has 0 saturated carbocycles. The minimum absolute atomic E-state index is 0. The molecule has 0 fully saturated rings. The van der Waals surface area contributed by atoms with Crippen molar-refractivity contribution in [2.24, 2.45) is 0 Å². The average Bonchev–Trinajstić information content (AvgIpc) is 2.91. The fourth-order valence-electron chi connectivity index (χ4n) is 3.55. The van der Waals surface area contributed by atoms with Crippen molar-refractivity contribution in [3.05, 3.63) is 60.3 Å². The number of para-hydroxylation sites is 2. The van der Waals surface area contributed by atoms with Gasteiger partial charge in [0.25, 0.3) is 0 Å². The van der Waals surface area contributed by atoms with E-state index in [0.29, 0.717) is 0 Å². The number of pyridine rings is 2. The van der Waals surface area contributed by atoms with Crippen LogP contribution in [0.15, 0.2) is 36.4 Å². The number of hydrogen-bond acceptors (Lipinski definition) is 2. The van der Waals surface area contributed by atoms with E-state index in [1.54, 1.807) is 0 Å². The molecule has 0 amide bonds. The van der Waals surface area contributed by atoms with Gasteiger partial charge in [-0.2, -0.15) is 12.5 Å². The summed E-state index contributed by atoms with van der Waals surface area (Å²) in [6.45, 7) is 17.6. The third kappa shape index (κ3) is 3.15. The Labute approximate surface area is 174 Å². The van der Waals surface area contributed by atoms with E-state index in [0.717, 1.165) is 38.8 Å². The molecule has 0 spiro atoms. The van der Waals surface area contributed by atoms with Crippen LogP contribution in [-0.4, -0.2) is 14.4 Å². The van der Waals surface area contributed by atoms with Crippen LogP contribution >= 0.6 is 0 Å². The van der Waals surface area contributed by atoms with Crippen LogP contribution in [0.5, 0.6) is 0 Å². The van der Waals surface area contributed by atoms with Crippen molar-refractivity contribution < 1.29 is 20.1 Å². The van der Waals surface area contributed by atoms with Gasteiger partial charge < -0.3 is 4.40 Å². The molecule has 1 aromatic carbocycles. The third-order valence-electron chi connectivity index (χ3n) is 4.96. The fourth-order valence-corrected chi connectivity index (χ4v) is 3.55. The van der Waals surface area contributed by atoms with Crippen molar-refractivity contribution in [3.8, 4) is 0 Å². The zero-order valence-electron chi connectivity index (χ0n) is 16.8. The first kappa shape index (κ1) is 19.8. The molecule has 0 N–H and O–H groups in total. The number of imidazole rings is 1. The summed E-state index contributed by atoms with van der Waals surface area (Å²) in [4.78, 5) is 9.96. The van der Waals surface area contributed by atoms with Crippen molar-refractivity contribution in [1.29, 1.82) is 0 Å². The quantitative estimate of drug-likeness (QED) is 0.266. The van der Waals surface area contributed by atoms with Gasteiger partial charge in [0.1, 0.15) is 0 Å². The van der Waals surface area contributed by atoms with Crippen LogP contribution in [0.2, 0.25) is 0 Å². The molecule has 0 aliphatic rings. The second-order valence-corrected chi connectivity index (χ2v) is 9.22. The maximum absolute atomic E-state index is 5.01. The van der Waals surface area contributed by atoms with Crippen LogP contribution in [0.3, 0.4) is 0 Å². The van der Waals surface area contributed by atoms with Crippen molar-refractivity contribution in [3.63, 3.8) is 0 Å². The predicted octanol–water partition coefficient (Wildman–Crippen LogP) is 5.81. The first-order chi connectivity index (χ1) is 12.1. The normalized spacial score (nSPS) is 12.7. The standard InChI is InChI=1S/C23H26N3.Ir/c1-14-12-18(22(2,3)4)24-16-13-19(23(5,6)7)26-17-11-9-8-10-15(17)25-21(26)20(14)16;/h8-13H,1H2,2-7H3;/q-1;. The van der Waals surface area contributed by atoms with Gasteiger partial charge in [-0.05, 0) is 29.3 Å². The van der Waals surface area contributed by atoms with E-state index in [2.05, 4.69) is 83.2 Å². The number of hydrogen-bond donors (Lipinski definition) is 0. The number of nitrogens with zero attached hydrogens (tertiary/aromatic N) is 3. The molecule has 0 saturated heterocycles. The van der Waals surface area contributed by atoms with E-state index >= 15 is 0 Å². The Morgan fingerprint density at radius 1 is 0.852 bits per heavy atom. The Kier molecular flexibility index (Phi) is 4.65. The molecule has 0 unspecified atom stereocenters. The van der Waals surface area contributed by atoms with E-state index < -0.39 is 0 Å². The fraction of sp³-hybridized carbons (Fsp3) is 0.348. The molecular formula is C23H26IrN3-. The largest absolute Gasteiger partial charge is 0.306 e. The molecule has 4 rings (SSSR count). The molecule has 4 aromatic rings. The zero-order valence-corrected chi connectivity index (χ0v) is 19.2. The van der Waals surface area contributed by atoms with E-state index in [1.165, 1.54) is 5.69 Å². The first-order valence-corrected chi connectivity index (χ1v) is 9.15. The summed E-state index contributed by atoms with van der Waals surface area (Å²) >= 11 is 0. The summed E-state index contributed by atoms with van der Waals surface area (Å²) < 4.78 is 2.28. The van der Waals surface area contributed by atoms with Gasteiger partial charge in [-0.3, -0.25) is 4.98 Å². The van der Waals surface area contributed by atoms with Crippen molar-refractivity contribution in [2.75, 3.05) is 0 Å². The molecule has 0 aliphatic heterocycles. The minimum Gasteiger partial charge on any atom is -0.306 e. The van der Waals surface area contributed by atoms with Gasteiger partial charge in [0.15, 0.2) is 0 Å². The molecule has 143 valence electrons. The van der Waals surface area contributed by atoms with E-state index in [-0.39, 0.29) is 30.9 Å². The predicted molar refractivity (Wildman–Crippen MR) is 110 cm³/mol. The molecule has 1 radical (unpaired) electrons. The maximum atomic E-state index is 5.01. The van der Waals surface area contributed by atoms with Gasteiger partial charge in [0.05, 0.1) is 16.7 Å². The first-order valence-electron chi connectivity index (χ1n) is 9.15. The Balaban J connectivity index is 0.00000210. The van der Waals surface area contributed by atoms with Crippen LogP contribution in [-0.2, 0) is 30.9 Å². The Hall–Kier alpha value is -1.90. The van der Waals surface area contributed by atoms with Crippen LogP contribution < -0.4 is 0 Å². The topological polar surface area (TPSA) is 30.2 Å². The number of fused-ring (bicyclic) bond motifs is 5. The van der Waals surface area contributed by atoms with Gasteiger partial charge in [0, 0.05) is 36.7 Å². The Morgan fingerprint density at radius 3 is 2.15 bits per heavy atom. The monoisotopic (exact) mass is 537 g/mol. The summed E-state index contributed by atoms with van der Waals surface area (Å²) in [5.74, 6) is 0. The summed E-state index contributed by atoms with van der Waals surface area (Å²) in [5.41, 5.74) is 7.29. The zero-order chi connectivity index (χ0) is 18.9.